The van der Waals surface area contributed by atoms with E-state index in [1.165, 1.54) is 0 Å². The number of rotatable bonds is 7. The molecule has 0 aliphatic heterocycles. The van der Waals surface area contributed by atoms with Crippen molar-refractivity contribution in [2.45, 2.75) is 26.2 Å². The van der Waals surface area contributed by atoms with Crippen molar-refractivity contribution in [1.29, 1.82) is 0 Å². The molecule has 0 saturated carbocycles. The molecule has 0 spiro atoms. The number of carbonyl (C=O) groups excluding carboxylic acids is 1. The van der Waals surface area contributed by atoms with E-state index in [1.807, 2.05) is 24.4 Å². The Balaban J connectivity index is 2.01. The van der Waals surface area contributed by atoms with Crippen molar-refractivity contribution in [1.82, 2.24) is 14.7 Å². The lowest BCUT2D eigenvalue weighted by atomic mass is 10.0. The Bertz CT molecular complexity index is 559. The van der Waals surface area contributed by atoms with Gasteiger partial charge in [0.2, 0.25) is 0 Å². The molecule has 2 aromatic heterocycles. The molecular formula is C15H21N3O2. The maximum absolute atomic E-state index is 12.2. The van der Waals surface area contributed by atoms with Crippen LogP contribution in [0.25, 0.3) is 5.65 Å². The molecule has 5 nitrogen and oxygen atoms in total. The summed E-state index contributed by atoms with van der Waals surface area (Å²) < 4.78 is 1.77. The van der Waals surface area contributed by atoms with Crippen LogP contribution in [0.5, 0.6) is 0 Å². The van der Waals surface area contributed by atoms with E-state index in [0.717, 1.165) is 24.9 Å². The third kappa shape index (κ3) is 3.36. The average molecular weight is 275 g/mol. The van der Waals surface area contributed by atoms with Crippen LogP contribution in [0.3, 0.4) is 0 Å². The SMILES string of the molecule is CCCC(CCO)CNC(=O)c1cnc2ccccn12. The average Bonchev–Trinajstić information content (AvgIpc) is 2.89. The fraction of sp³-hybridized carbons (Fsp3) is 0.467. The number of nitrogens with zero attached hydrogens (tertiary/aromatic N) is 2. The second-order valence-electron chi connectivity index (χ2n) is 4.95. The number of aromatic nitrogens is 2. The maximum Gasteiger partial charge on any atom is 0.269 e. The molecule has 1 amide bonds. The van der Waals surface area contributed by atoms with Crippen LogP contribution in [-0.4, -0.2) is 33.6 Å². The highest BCUT2D eigenvalue weighted by Crippen LogP contribution is 2.10. The normalized spacial score (nSPS) is 12.5. The van der Waals surface area contributed by atoms with Crippen molar-refractivity contribution in [2.75, 3.05) is 13.2 Å². The van der Waals surface area contributed by atoms with Gasteiger partial charge in [0, 0.05) is 19.3 Å². The summed E-state index contributed by atoms with van der Waals surface area (Å²) in [4.78, 5) is 16.4. The summed E-state index contributed by atoms with van der Waals surface area (Å²) in [5, 5.41) is 12.0. The summed E-state index contributed by atoms with van der Waals surface area (Å²) in [5.74, 6) is 0.205. The number of nitrogens with one attached hydrogen (secondary N) is 1. The molecule has 2 rings (SSSR count). The van der Waals surface area contributed by atoms with E-state index in [9.17, 15) is 4.79 Å². The quantitative estimate of drug-likeness (QED) is 0.810. The van der Waals surface area contributed by atoms with Gasteiger partial charge >= 0.3 is 0 Å². The number of fused-ring (bicyclic) bond motifs is 1. The van der Waals surface area contributed by atoms with Crippen molar-refractivity contribution in [3.63, 3.8) is 0 Å². The number of hydrogen-bond donors (Lipinski definition) is 2. The van der Waals surface area contributed by atoms with Crippen molar-refractivity contribution in [2.24, 2.45) is 5.92 Å². The van der Waals surface area contributed by atoms with Crippen LogP contribution in [0.1, 0.15) is 36.7 Å². The predicted octanol–water partition coefficient (Wildman–Crippen LogP) is 1.86. The molecule has 1 atom stereocenters. The first-order chi connectivity index (χ1) is 9.76. The molecule has 2 heterocycles. The lowest BCUT2D eigenvalue weighted by molar-refractivity contribution is 0.0937. The second-order valence-corrected chi connectivity index (χ2v) is 4.95. The highest BCUT2D eigenvalue weighted by Gasteiger charge is 2.14. The Morgan fingerprint density at radius 2 is 2.30 bits per heavy atom. The van der Waals surface area contributed by atoms with Gasteiger partial charge in [0.05, 0.1) is 6.20 Å². The highest BCUT2D eigenvalue weighted by molar-refractivity contribution is 5.93. The molecule has 0 aliphatic carbocycles. The van der Waals surface area contributed by atoms with Crippen molar-refractivity contribution >= 4 is 11.6 Å². The molecule has 2 aromatic rings. The first-order valence-corrected chi connectivity index (χ1v) is 7.07. The number of carbonyl (C=O) groups is 1. The minimum Gasteiger partial charge on any atom is -0.396 e. The van der Waals surface area contributed by atoms with E-state index in [-0.39, 0.29) is 12.5 Å². The van der Waals surface area contributed by atoms with Crippen LogP contribution < -0.4 is 5.32 Å². The number of aliphatic hydroxyl groups excluding tert-OH is 1. The largest absolute Gasteiger partial charge is 0.396 e. The third-order valence-corrected chi connectivity index (χ3v) is 3.44. The van der Waals surface area contributed by atoms with E-state index in [4.69, 9.17) is 5.11 Å². The zero-order chi connectivity index (χ0) is 14.4. The number of hydrogen-bond acceptors (Lipinski definition) is 3. The molecule has 20 heavy (non-hydrogen) atoms. The summed E-state index contributed by atoms with van der Waals surface area (Å²) in [6.45, 7) is 2.86. The van der Waals surface area contributed by atoms with Gasteiger partial charge in [-0.1, -0.05) is 19.4 Å². The fourth-order valence-corrected chi connectivity index (χ4v) is 2.37. The second kappa shape index (κ2) is 7.05. The van der Waals surface area contributed by atoms with Crippen LogP contribution in [0, 0.1) is 5.92 Å². The molecule has 0 bridgehead atoms. The van der Waals surface area contributed by atoms with Crippen molar-refractivity contribution in [3.05, 3.63) is 36.3 Å². The van der Waals surface area contributed by atoms with E-state index in [0.29, 0.717) is 18.2 Å². The number of amides is 1. The minimum absolute atomic E-state index is 0.122. The Hall–Kier alpha value is -1.88. The smallest absolute Gasteiger partial charge is 0.269 e. The van der Waals surface area contributed by atoms with Gasteiger partial charge < -0.3 is 10.4 Å². The van der Waals surface area contributed by atoms with Crippen LogP contribution in [0.15, 0.2) is 30.6 Å². The van der Waals surface area contributed by atoms with Crippen LogP contribution >= 0.6 is 0 Å². The lowest BCUT2D eigenvalue weighted by Gasteiger charge is -2.15. The van der Waals surface area contributed by atoms with Gasteiger partial charge in [-0.2, -0.15) is 0 Å². The van der Waals surface area contributed by atoms with E-state index < -0.39 is 0 Å². The number of imidazole rings is 1. The standard InChI is InChI=1S/C15H21N3O2/c1-2-5-12(7-9-19)10-17-15(20)13-11-16-14-6-3-4-8-18(13)14/h3-4,6,8,11-12,19H,2,5,7,9-10H2,1H3,(H,17,20). The van der Waals surface area contributed by atoms with E-state index in [2.05, 4.69) is 17.2 Å². The number of aliphatic hydroxyl groups is 1. The predicted molar refractivity (Wildman–Crippen MR) is 77.6 cm³/mol. The molecule has 0 saturated heterocycles. The first-order valence-electron chi connectivity index (χ1n) is 7.07. The number of pyridine rings is 1. The van der Waals surface area contributed by atoms with E-state index >= 15 is 0 Å². The topological polar surface area (TPSA) is 66.6 Å². The Morgan fingerprint density at radius 3 is 3.05 bits per heavy atom. The summed E-state index contributed by atoms with van der Waals surface area (Å²) in [6, 6.07) is 5.63. The van der Waals surface area contributed by atoms with Gasteiger partial charge in [0.1, 0.15) is 11.3 Å². The van der Waals surface area contributed by atoms with Gasteiger partial charge in [0.15, 0.2) is 0 Å². The first kappa shape index (κ1) is 14.5. The van der Waals surface area contributed by atoms with E-state index in [1.54, 1.807) is 10.6 Å². The summed E-state index contributed by atoms with van der Waals surface area (Å²) in [5.41, 5.74) is 1.30. The molecule has 5 heteroatoms. The van der Waals surface area contributed by atoms with Gasteiger partial charge in [-0.05, 0) is 30.9 Å². The van der Waals surface area contributed by atoms with Gasteiger partial charge in [-0.3, -0.25) is 9.20 Å². The molecule has 2 N–H and O–H groups in total. The molecular weight excluding hydrogens is 254 g/mol. The molecule has 0 fully saturated rings. The zero-order valence-electron chi connectivity index (χ0n) is 11.7. The molecule has 0 radical (unpaired) electrons. The Morgan fingerprint density at radius 1 is 1.45 bits per heavy atom. The monoisotopic (exact) mass is 275 g/mol. The van der Waals surface area contributed by atoms with Crippen LogP contribution in [0.2, 0.25) is 0 Å². The Kier molecular flexibility index (Phi) is 5.12. The molecule has 1 unspecified atom stereocenters. The fourth-order valence-electron chi connectivity index (χ4n) is 2.37. The minimum atomic E-state index is -0.122. The third-order valence-electron chi connectivity index (χ3n) is 3.44. The lowest BCUT2D eigenvalue weighted by Crippen LogP contribution is -2.30. The molecule has 0 aromatic carbocycles. The van der Waals surface area contributed by atoms with Crippen LogP contribution in [-0.2, 0) is 0 Å². The molecule has 108 valence electrons. The summed E-state index contributed by atoms with van der Waals surface area (Å²) in [6.07, 6.45) is 6.20. The van der Waals surface area contributed by atoms with Gasteiger partial charge in [-0.15, -0.1) is 0 Å². The maximum atomic E-state index is 12.2. The van der Waals surface area contributed by atoms with Gasteiger partial charge in [-0.25, -0.2) is 4.98 Å². The van der Waals surface area contributed by atoms with Crippen molar-refractivity contribution < 1.29 is 9.90 Å². The molecule has 0 aliphatic rings. The zero-order valence-corrected chi connectivity index (χ0v) is 11.7. The highest BCUT2D eigenvalue weighted by atomic mass is 16.3. The summed E-state index contributed by atoms with van der Waals surface area (Å²) >= 11 is 0. The Labute approximate surface area is 118 Å². The van der Waals surface area contributed by atoms with Gasteiger partial charge in [0.25, 0.3) is 5.91 Å². The summed E-state index contributed by atoms with van der Waals surface area (Å²) in [7, 11) is 0. The van der Waals surface area contributed by atoms with Crippen LogP contribution in [0.4, 0.5) is 0 Å². The van der Waals surface area contributed by atoms with Crippen molar-refractivity contribution in [3.8, 4) is 0 Å².